The Labute approximate surface area is 150 Å². The van der Waals surface area contributed by atoms with Crippen molar-refractivity contribution < 1.29 is 4.79 Å². The van der Waals surface area contributed by atoms with Crippen molar-refractivity contribution >= 4 is 16.8 Å². The fraction of sp³-hybridized carbons (Fsp3) is 0.476. The molecule has 1 fully saturated rings. The Morgan fingerprint density at radius 2 is 1.88 bits per heavy atom. The van der Waals surface area contributed by atoms with Crippen LogP contribution in [0, 0.1) is 0 Å². The molecule has 4 nitrogen and oxygen atoms in total. The zero-order valence-electron chi connectivity index (χ0n) is 15.5. The molecule has 1 saturated heterocycles. The molecule has 0 radical (unpaired) electrons. The van der Waals surface area contributed by atoms with Gasteiger partial charge in [-0.1, -0.05) is 42.5 Å². The quantitative estimate of drug-likeness (QED) is 0.913. The fourth-order valence-corrected chi connectivity index (χ4v) is 3.94. The summed E-state index contributed by atoms with van der Waals surface area (Å²) < 4.78 is 0. The van der Waals surface area contributed by atoms with Crippen LogP contribution in [0.3, 0.4) is 0 Å². The van der Waals surface area contributed by atoms with Crippen molar-refractivity contribution in [3.63, 3.8) is 0 Å². The highest BCUT2D eigenvalue weighted by Crippen LogP contribution is 2.31. The van der Waals surface area contributed by atoms with E-state index in [4.69, 9.17) is 0 Å². The molecule has 1 aliphatic rings. The molecule has 2 amide bonds. The van der Waals surface area contributed by atoms with E-state index < -0.39 is 0 Å². The number of piperidine rings is 1. The lowest BCUT2D eigenvalue weighted by molar-refractivity contribution is 0.108. The zero-order valence-corrected chi connectivity index (χ0v) is 15.5. The Hall–Kier alpha value is -2.07. The predicted molar refractivity (Wildman–Crippen MR) is 104 cm³/mol. The van der Waals surface area contributed by atoms with E-state index in [2.05, 4.69) is 71.6 Å². The summed E-state index contributed by atoms with van der Waals surface area (Å²) in [6, 6.07) is 15.2. The van der Waals surface area contributed by atoms with Gasteiger partial charge >= 0.3 is 6.03 Å². The van der Waals surface area contributed by atoms with E-state index in [1.165, 1.54) is 16.3 Å². The Morgan fingerprint density at radius 1 is 1.20 bits per heavy atom. The van der Waals surface area contributed by atoms with Gasteiger partial charge in [-0.3, -0.25) is 0 Å². The van der Waals surface area contributed by atoms with Crippen LogP contribution in [0.15, 0.2) is 42.5 Å². The van der Waals surface area contributed by atoms with Gasteiger partial charge in [0.25, 0.3) is 0 Å². The van der Waals surface area contributed by atoms with Gasteiger partial charge in [-0.15, -0.1) is 0 Å². The number of likely N-dealkylation sites (tertiary alicyclic amines) is 1. The number of hydrogen-bond donors (Lipinski definition) is 1. The van der Waals surface area contributed by atoms with Gasteiger partial charge in [-0.25, -0.2) is 4.79 Å². The van der Waals surface area contributed by atoms with Crippen molar-refractivity contribution in [3.8, 4) is 0 Å². The second-order valence-electron chi connectivity index (χ2n) is 7.02. The number of hydrogen-bond acceptors (Lipinski definition) is 2. The van der Waals surface area contributed by atoms with E-state index >= 15 is 0 Å². The SMILES string of the molecule is CCNC(=O)N(C1CCN(C)CC1)[C@H](C)c1cccc2ccccc12. The van der Waals surface area contributed by atoms with Crippen molar-refractivity contribution in [2.75, 3.05) is 26.7 Å². The van der Waals surface area contributed by atoms with Crippen LogP contribution in [0.2, 0.25) is 0 Å². The third-order valence-electron chi connectivity index (χ3n) is 5.33. The Kier molecular flexibility index (Phi) is 5.59. The standard InChI is InChI=1S/C21H29N3O/c1-4-22-21(25)24(18-12-14-23(3)15-13-18)16(2)19-11-7-9-17-8-5-6-10-20(17)19/h5-11,16,18H,4,12-15H2,1-3H3,(H,22,25)/t16-/m1/s1. The number of urea groups is 1. The molecule has 0 unspecified atom stereocenters. The molecule has 1 aliphatic heterocycles. The topological polar surface area (TPSA) is 35.6 Å². The first kappa shape index (κ1) is 17.7. The number of fused-ring (bicyclic) bond motifs is 1. The van der Waals surface area contributed by atoms with Crippen molar-refractivity contribution in [2.24, 2.45) is 0 Å². The Bertz CT molecular complexity index is 717. The third kappa shape index (κ3) is 3.79. The Morgan fingerprint density at radius 3 is 2.60 bits per heavy atom. The summed E-state index contributed by atoms with van der Waals surface area (Å²) in [6.07, 6.45) is 2.06. The van der Waals surface area contributed by atoms with Gasteiger partial charge in [-0.2, -0.15) is 0 Å². The smallest absolute Gasteiger partial charge is 0.318 e. The minimum Gasteiger partial charge on any atom is -0.338 e. The van der Waals surface area contributed by atoms with Gasteiger partial charge in [0, 0.05) is 12.6 Å². The molecule has 4 heteroatoms. The fourth-order valence-electron chi connectivity index (χ4n) is 3.94. The van der Waals surface area contributed by atoms with Crippen molar-refractivity contribution in [3.05, 3.63) is 48.0 Å². The second-order valence-corrected chi connectivity index (χ2v) is 7.02. The monoisotopic (exact) mass is 339 g/mol. The van der Waals surface area contributed by atoms with Crippen LogP contribution in [0.4, 0.5) is 4.79 Å². The first-order valence-electron chi connectivity index (χ1n) is 9.34. The lowest BCUT2D eigenvalue weighted by Gasteiger charge is -2.41. The first-order valence-corrected chi connectivity index (χ1v) is 9.34. The van der Waals surface area contributed by atoms with Gasteiger partial charge in [0.2, 0.25) is 0 Å². The van der Waals surface area contributed by atoms with Crippen LogP contribution in [-0.2, 0) is 0 Å². The van der Waals surface area contributed by atoms with Crippen LogP contribution in [0.25, 0.3) is 10.8 Å². The highest BCUT2D eigenvalue weighted by Gasteiger charge is 2.31. The van der Waals surface area contributed by atoms with Crippen molar-refractivity contribution in [1.82, 2.24) is 15.1 Å². The van der Waals surface area contributed by atoms with Crippen LogP contribution >= 0.6 is 0 Å². The van der Waals surface area contributed by atoms with E-state index in [-0.39, 0.29) is 18.1 Å². The number of amides is 2. The third-order valence-corrected chi connectivity index (χ3v) is 5.33. The molecule has 1 N–H and O–H groups in total. The van der Waals surface area contributed by atoms with E-state index in [0.29, 0.717) is 6.54 Å². The summed E-state index contributed by atoms with van der Waals surface area (Å²) in [5.74, 6) is 0. The molecule has 2 aromatic carbocycles. The molecule has 3 rings (SSSR count). The maximum Gasteiger partial charge on any atom is 0.318 e. The van der Waals surface area contributed by atoms with Gasteiger partial charge in [0.05, 0.1) is 6.04 Å². The summed E-state index contributed by atoms with van der Waals surface area (Å²) >= 11 is 0. The lowest BCUT2D eigenvalue weighted by Crippen LogP contribution is -2.51. The molecule has 1 heterocycles. The summed E-state index contributed by atoms with van der Waals surface area (Å²) in [6.45, 7) is 6.89. The highest BCUT2D eigenvalue weighted by molar-refractivity contribution is 5.86. The van der Waals surface area contributed by atoms with Crippen LogP contribution < -0.4 is 5.32 Å². The number of carbonyl (C=O) groups excluding carboxylic acids is 1. The number of carbonyl (C=O) groups is 1. The van der Waals surface area contributed by atoms with Gasteiger partial charge in [-0.05, 0) is 63.2 Å². The largest absolute Gasteiger partial charge is 0.338 e. The molecular weight excluding hydrogens is 310 g/mol. The summed E-state index contributed by atoms with van der Waals surface area (Å²) in [5, 5.41) is 5.49. The van der Waals surface area contributed by atoms with Gasteiger partial charge in [0.15, 0.2) is 0 Å². The molecule has 0 bridgehead atoms. The highest BCUT2D eigenvalue weighted by atomic mass is 16.2. The van der Waals surface area contributed by atoms with Crippen LogP contribution in [-0.4, -0.2) is 48.6 Å². The minimum atomic E-state index is 0.0473. The maximum atomic E-state index is 12.9. The number of benzene rings is 2. The molecule has 0 saturated carbocycles. The molecule has 1 atom stereocenters. The summed E-state index contributed by atoms with van der Waals surface area (Å²) in [5.41, 5.74) is 1.23. The number of nitrogens with zero attached hydrogens (tertiary/aromatic N) is 2. The van der Waals surface area contributed by atoms with E-state index in [9.17, 15) is 4.79 Å². The summed E-state index contributed by atoms with van der Waals surface area (Å²) in [7, 11) is 2.15. The minimum absolute atomic E-state index is 0.0473. The molecule has 0 aliphatic carbocycles. The van der Waals surface area contributed by atoms with Gasteiger partial charge < -0.3 is 15.1 Å². The average molecular weight is 339 g/mol. The average Bonchev–Trinajstić information content (AvgIpc) is 2.63. The van der Waals surface area contributed by atoms with Gasteiger partial charge in [0.1, 0.15) is 0 Å². The Balaban J connectivity index is 1.95. The molecule has 25 heavy (non-hydrogen) atoms. The number of rotatable bonds is 4. The molecule has 2 aromatic rings. The first-order chi connectivity index (χ1) is 12.1. The molecule has 134 valence electrons. The van der Waals surface area contributed by atoms with Crippen LogP contribution in [0.5, 0.6) is 0 Å². The lowest BCUT2D eigenvalue weighted by atomic mass is 9.95. The maximum absolute atomic E-state index is 12.9. The summed E-state index contributed by atoms with van der Waals surface area (Å²) in [4.78, 5) is 17.3. The predicted octanol–water partition coefficient (Wildman–Crippen LogP) is 4.03. The normalized spacial score (nSPS) is 17.4. The van der Waals surface area contributed by atoms with E-state index in [0.717, 1.165) is 25.9 Å². The molecule has 0 aromatic heterocycles. The second kappa shape index (κ2) is 7.87. The zero-order chi connectivity index (χ0) is 17.8. The number of nitrogens with one attached hydrogen (secondary N) is 1. The van der Waals surface area contributed by atoms with E-state index in [1.807, 2.05) is 6.92 Å². The van der Waals surface area contributed by atoms with Crippen molar-refractivity contribution in [2.45, 2.75) is 38.8 Å². The van der Waals surface area contributed by atoms with E-state index in [1.54, 1.807) is 0 Å². The van der Waals surface area contributed by atoms with Crippen molar-refractivity contribution in [1.29, 1.82) is 0 Å². The van der Waals surface area contributed by atoms with Crippen LogP contribution in [0.1, 0.15) is 38.3 Å². The molecule has 0 spiro atoms. The molecular formula is C21H29N3O.